The Balaban J connectivity index is 1.80. The number of aromatic nitrogens is 1. The lowest BCUT2D eigenvalue weighted by Gasteiger charge is -2.10. The van der Waals surface area contributed by atoms with Gasteiger partial charge in [-0.05, 0) is 42.5 Å². The lowest BCUT2D eigenvalue weighted by atomic mass is 10.2. The number of carbonyl (C=O) groups excluding carboxylic acids is 1. The Morgan fingerprint density at radius 1 is 1.00 bits per heavy atom. The van der Waals surface area contributed by atoms with Crippen molar-refractivity contribution in [2.75, 3.05) is 10.6 Å². The van der Waals surface area contributed by atoms with Gasteiger partial charge in [-0.2, -0.15) is 0 Å². The van der Waals surface area contributed by atoms with Crippen LogP contribution in [0.2, 0.25) is 10.0 Å². The molecule has 136 valence electrons. The van der Waals surface area contributed by atoms with E-state index in [2.05, 4.69) is 15.6 Å². The Morgan fingerprint density at radius 2 is 1.70 bits per heavy atom. The molecule has 0 radical (unpaired) electrons. The molecule has 0 saturated heterocycles. The highest BCUT2D eigenvalue weighted by Crippen LogP contribution is 2.26. The maximum absolute atomic E-state index is 12.4. The normalized spacial score (nSPS) is 10.3. The highest BCUT2D eigenvalue weighted by atomic mass is 35.5. The van der Waals surface area contributed by atoms with Crippen molar-refractivity contribution in [2.45, 2.75) is 0 Å². The first-order valence-corrected chi connectivity index (χ1v) is 8.42. The van der Waals surface area contributed by atoms with Gasteiger partial charge in [0, 0.05) is 39.2 Å². The third kappa shape index (κ3) is 4.72. The van der Waals surface area contributed by atoms with E-state index in [0.717, 1.165) is 0 Å². The molecular formula is C18H12Cl2N4O3. The number of hydrogen-bond acceptors (Lipinski definition) is 5. The first-order valence-electron chi connectivity index (χ1n) is 7.66. The Bertz CT molecular complexity index is 1010. The zero-order valence-corrected chi connectivity index (χ0v) is 15.2. The molecule has 0 atom stereocenters. The van der Waals surface area contributed by atoms with Gasteiger partial charge >= 0.3 is 5.69 Å². The topological polar surface area (TPSA) is 97.2 Å². The number of pyridine rings is 1. The number of rotatable bonds is 5. The molecule has 0 aliphatic heterocycles. The van der Waals surface area contributed by atoms with Gasteiger partial charge in [-0.25, -0.2) is 4.98 Å². The van der Waals surface area contributed by atoms with Crippen LogP contribution in [-0.2, 0) is 0 Å². The smallest absolute Gasteiger partial charge is 0.311 e. The van der Waals surface area contributed by atoms with Crippen molar-refractivity contribution < 1.29 is 9.72 Å². The summed E-state index contributed by atoms with van der Waals surface area (Å²) < 4.78 is 0. The number of nitrogens with one attached hydrogen (secondary N) is 2. The molecule has 0 fully saturated rings. The van der Waals surface area contributed by atoms with E-state index in [4.69, 9.17) is 23.2 Å². The van der Waals surface area contributed by atoms with Crippen LogP contribution in [0.15, 0.2) is 60.8 Å². The predicted molar refractivity (Wildman–Crippen MR) is 105 cm³/mol. The zero-order chi connectivity index (χ0) is 19.4. The number of anilines is 3. The summed E-state index contributed by atoms with van der Waals surface area (Å²) in [7, 11) is 0. The SMILES string of the molecule is O=C(Nc1cccc(Nc2ncccc2[N+](=O)[O-])c1)c1cc(Cl)cc(Cl)c1. The van der Waals surface area contributed by atoms with Gasteiger partial charge < -0.3 is 10.6 Å². The van der Waals surface area contributed by atoms with Gasteiger partial charge in [0.15, 0.2) is 0 Å². The van der Waals surface area contributed by atoms with E-state index in [-0.39, 0.29) is 17.4 Å². The van der Waals surface area contributed by atoms with Crippen LogP contribution in [0.25, 0.3) is 0 Å². The van der Waals surface area contributed by atoms with Crippen LogP contribution in [0, 0.1) is 10.1 Å². The summed E-state index contributed by atoms with van der Waals surface area (Å²) in [6.45, 7) is 0. The first kappa shape index (κ1) is 18.6. The molecule has 0 spiro atoms. The molecule has 0 saturated carbocycles. The van der Waals surface area contributed by atoms with Gasteiger partial charge in [-0.1, -0.05) is 29.3 Å². The van der Waals surface area contributed by atoms with Crippen LogP contribution >= 0.6 is 23.2 Å². The average molecular weight is 403 g/mol. The minimum atomic E-state index is -0.524. The average Bonchev–Trinajstić information content (AvgIpc) is 2.61. The Morgan fingerprint density at radius 3 is 2.41 bits per heavy atom. The molecule has 3 rings (SSSR count). The second kappa shape index (κ2) is 8.03. The van der Waals surface area contributed by atoms with E-state index in [1.165, 1.54) is 36.5 Å². The third-order valence-electron chi connectivity index (χ3n) is 3.49. The Hall–Kier alpha value is -3.16. The number of halogens is 2. The van der Waals surface area contributed by atoms with E-state index < -0.39 is 4.92 Å². The lowest BCUT2D eigenvalue weighted by Crippen LogP contribution is -2.12. The molecule has 0 bridgehead atoms. The van der Waals surface area contributed by atoms with Crippen LogP contribution in [0.5, 0.6) is 0 Å². The van der Waals surface area contributed by atoms with E-state index >= 15 is 0 Å². The molecule has 7 nitrogen and oxygen atoms in total. The minimum absolute atomic E-state index is 0.104. The minimum Gasteiger partial charge on any atom is -0.334 e. The van der Waals surface area contributed by atoms with Crippen molar-refractivity contribution in [1.29, 1.82) is 0 Å². The van der Waals surface area contributed by atoms with Crippen molar-refractivity contribution >= 4 is 52.0 Å². The monoisotopic (exact) mass is 402 g/mol. The van der Waals surface area contributed by atoms with Crippen molar-refractivity contribution in [1.82, 2.24) is 4.98 Å². The van der Waals surface area contributed by atoms with Gasteiger partial charge in [0.05, 0.1) is 4.92 Å². The van der Waals surface area contributed by atoms with Gasteiger partial charge in [0.25, 0.3) is 5.91 Å². The van der Waals surface area contributed by atoms with Crippen LogP contribution in [0.1, 0.15) is 10.4 Å². The molecule has 3 aromatic rings. The maximum Gasteiger partial charge on any atom is 0.311 e. The highest BCUT2D eigenvalue weighted by Gasteiger charge is 2.14. The van der Waals surface area contributed by atoms with Gasteiger partial charge in [-0.15, -0.1) is 0 Å². The largest absolute Gasteiger partial charge is 0.334 e. The summed E-state index contributed by atoms with van der Waals surface area (Å²) in [5, 5.41) is 17.4. The predicted octanol–water partition coefficient (Wildman–Crippen LogP) is 5.29. The fourth-order valence-corrected chi connectivity index (χ4v) is 2.87. The molecule has 1 aromatic heterocycles. The van der Waals surface area contributed by atoms with Crippen molar-refractivity contribution in [2.24, 2.45) is 0 Å². The number of hydrogen-bond donors (Lipinski definition) is 2. The summed E-state index contributed by atoms with van der Waals surface area (Å²) in [4.78, 5) is 26.9. The quantitative estimate of drug-likeness (QED) is 0.446. The molecule has 1 amide bonds. The molecule has 0 aliphatic carbocycles. The summed E-state index contributed by atoms with van der Waals surface area (Å²) in [6.07, 6.45) is 1.45. The van der Waals surface area contributed by atoms with E-state index in [9.17, 15) is 14.9 Å². The molecule has 0 aliphatic rings. The molecular weight excluding hydrogens is 391 g/mol. The first-order chi connectivity index (χ1) is 12.9. The van der Waals surface area contributed by atoms with Gasteiger partial charge in [0.2, 0.25) is 5.82 Å². The lowest BCUT2D eigenvalue weighted by molar-refractivity contribution is -0.384. The second-order valence-electron chi connectivity index (χ2n) is 5.45. The van der Waals surface area contributed by atoms with Gasteiger partial charge in [-0.3, -0.25) is 14.9 Å². The number of nitrogens with zero attached hydrogens (tertiary/aromatic N) is 2. The summed E-state index contributed by atoms with van der Waals surface area (Å²) >= 11 is 11.8. The Labute approximate surface area is 164 Å². The van der Waals surface area contributed by atoms with E-state index in [0.29, 0.717) is 27.0 Å². The number of benzene rings is 2. The van der Waals surface area contributed by atoms with Crippen LogP contribution in [-0.4, -0.2) is 15.8 Å². The van der Waals surface area contributed by atoms with Crippen molar-refractivity contribution in [3.63, 3.8) is 0 Å². The van der Waals surface area contributed by atoms with E-state index in [1.807, 2.05) is 0 Å². The molecule has 27 heavy (non-hydrogen) atoms. The number of carbonyl (C=O) groups is 1. The fourth-order valence-electron chi connectivity index (χ4n) is 2.34. The maximum atomic E-state index is 12.4. The molecule has 2 N–H and O–H groups in total. The second-order valence-corrected chi connectivity index (χ2v) is 6.32. The molecule has 1 heterocycles. The van der Waals surface area contributed by atoms with E-state index in [1.54, 1.807) is 24.3 Å². The number of amides is 1. The molecule has 2 aromatic carbocycles. The summed E-state index contributed by atoms with van der Waals surface area (Å²) in [6, 6.07) is 14.1. The summed E-state index contributed by atoms with van der Waals surface area (Å²) in [5.41, 5.74) is 1.17. The van der Waals surface area contributed by atoms with Crippen molar-refractivity contribution in [3.05, 3.63) is 86.5 Å². The third-order valence-corrected chi connectivity index (χ3v) is 3.93. The van der Waals surface area contributed by atoms with Crippen LogP contribution in [0.4, 0.5) is 22.9 Å². The van der Waals surface area contributed by atoms with Crippen LogP contribution in [0.3, 0.4) is 0 Å². The van der Waals surface area contributed by atoms with Crippen LogP contribution < -0.4 is 10.6 Å². The molecule has 0 unspecified atom stereocenters. The van der Waals surface area contributed by atoms with Crippen molar-refractivity contribution in [3.8, 4) is 0 Å². The van der Waals surface area contributed by atoms with Gasteiger partial charge in [0.1, 0.15) is 0 Å². The molecule has 9 heteroatoms. The fraction of sp³-hybridized carbons (Fsp3) is 0. The zero-order valence-electron chi connectivity index (χ0n) is 13.6. The standard InChI is InChI=1S/C18H12Cl2N4O3/c19-12-7-11(8-13(20)9-12)18(25)23-15-4-1-3-14(10-15)22-17-16(24(26)27)5-2-6-21-17/h1-10H,(H,21,22)(H,23,25). The Kier molecular flexibility index (Phi) is 5.54. The number of nitro groups is 1. The summed E-state index contributed by atoms with van der Waals surface area (Å²) in [5.74, 6) is -0.284. The highest BCUT2D eigenvalue weighted by molar-refractivity contribution is 6.35.